The topological polar surface area (TPSA) is 43.6 Å². The van der Waals surface area contributed by atoms with Gasteiger partial charge in [-0.25, -0.2) is 15.0 Å². The molecule has 4 nitrogen and oxygen atoms in total. The van der Waals surface area contributed by atoms with Crippen molar-refractivity contribution in [1.29, 1.82) is 0 Å². The second-order valence-electron chi connectivity index (χ2n) is 11.1. The molecule has 9 rings (SSSR count). The zero-order chi connectivity index (χ0) is 29.0. The number of fused-ring (bicyclic) bond motifs is 7. The van der Waals surface area contributed by atoms with Crippen molar-refractivity contribution in [3.05, 3.63) is 139 Å². The molecule has 0 aliphatic heterocycles. The van der Waals surface area contributed by atoms with Crippen molar-refractivity contribution < 1.29 is 0 Å². The molecule has 5 heteroatoms. The second kappa shape index (κ2) is 10.1. The number of rotatable bonds is 4. The first kappa shape index (κ1) is 25.1. The third-order valence-corrected chi connectivity index (χ3v) is 9.68. The van der Waals surface area contributed by atoms with Crippen LogP contribution in [0.1, 0.15) is 18.7 Å². The molecule has 0 radical (unpaired) electrons. The van der Waals surface area contributed by atoms with E-state index in [2.05, 4.69) is 108 Å². The molecule has 0 bridgehead atoms. The quantitative estimate of drug-likeness (QED) is 0.207. The van der Waals surface area contributed by atoms with Gasteiger partial charge in [0, 0.05) is 48.6 Å². The Morgan fingerprint density at radius 1 is 0.545 bits per heavy atom. The van der Waals surface area contributed by atoms with E-state index in [4.69, 9.17) is 15.0 Å². The second-order valence-corrected chi connectivity index (χ2v) is 12.2. The minimum absolute atomic E-state index is 0.675. The zero-order valence-corrected chi connectivity index (χ0v) is 24.6. The third-order valence-electron chi connectivity index (χ3n) is 8.48. The van der Waals surface area contributed by atoms with Crippen molar-refractivity contribution in [2.45, 2.75) is 12.8 Å². The molecular weight excluding hydrogens is 557 g/mol. The van der Waals surface area contributed by atoms with Crippen molar-refractivity contribution in [3.8, 4) is 28.5 Å². The fraction of sp³-hybridized carbons (Fsp3) is 0.0513. The van der Waals surface area contributed by atoms with Gasteiger partial charge < -0.3 is 4.57 Å². The van der Waals surface area contributed by atoms with Crippen LogP contribution in [0.4, 0.5) is 0 Å². The monoisotopic (exact) mass is 582 g/mol. The largest absolute Gasteiger partial charge is 0.308 e. The molecule has 0 atom stereocenters. The Morgan fingerprint density at radius 3 is 2.02 bits per heavy atom. The summed E-state index contributed by atoms with van der Waals surface area (Å²) in [5.41, 5.74) is 6.55. The molecule has 5 aromatic carbocycles. The Morgan fingerprint density at radius 2 is 1.23 bits per heavy atom. The van der Waals surface area contributed by atoms with Crippen LogP contribution in [0.3, 0.4) is 0 Å². The first-order valence-electron chi connectivity index (χ1n) is 14.9. The fourth-order valence-corrected chi connectivity index (χ4v) is 7.63. The highest BCUT2D eigenvalue weighted by atomic mass is 32.1. The van der Waals surface area contributed by atoms with E-state index in [-0.39, 0.29) is 0 Å². The number of allylic oxidation sites excluding steroid dienone is 4. The summed E-state index contributed by atoms with van der Waals surface area (Å²) in [5.74, 6) is 2.07. The molecule has 8 aromatic rings. The maximum atomic E-state index is 4.96. The predicted molar refractivity (Wildman–Crippen MR) is 184 cm³/mol. The van der Waals surface area contributed by atoms with Crippen molar-refractivity contribution in [3.63, 3.8) is 0 Å². The van der Waals surface area contributed by atoms with E-state index in [0.717, 1.165) is 35.2 Å². The normalized spacial score (nSPS) is 13.3. The van der Waals surface area contributed by atoms with Gasteiger partial charge in [0.05, 0.1) is 15.7 Å². The summed E-state index contributed by atoms with van der Waals surface area (Å²) >= 11 is 1.87. The molecule has 208 valence electrons. The van der Waals surface area contributed by atoms with Crippen LogP contribution in [0.5, 0.6) is 0 Å². The Balaban J connectivity index is 1.23. The lowest BCUT2D eigenvalue weighted by atomic mass is 10.1. The van der Waals surface area contributed by atoms with E-state index in [9.17, 15) is 0 Å². The van der Waals surface area contributed by atoms with E-state index in [1.807, 2.05) is 41.7 Å². The predicted octanol–water partition coefficient (Wildman–Crippen LogP) is 10.4. The summed E-state index contributed by atoms with van der Waals surface area (Å²) in [6.45, 7) is 0. The highest BCUT2D eigenvalue weighted by Crippen LogP contribution is 2.43. The Hall–Kier alpha value is -5.39. The number of para-hydroxylation sites is 1. The van der Waals surface area contributed by atoms with Crippen molar-refractivity contribution >= 4 is 58.9 Å². The van der Waals surface area contributed by atoms with Crippen LogP contribution in [-0.2, 0) is 0 Å². The zero-order valence-electron chi connectivity index (χ0n) is 23.8. The number of nitrogens with zero attached hydrogens (tertiary/aromatic N) is 4. The molecule has 0 saturated heterocycles. The Kier molecular flexibility index (Phi) is 5.78. The molecule has 3 aromatic heterocycles. The lowest BCUT2D eigenvalue weighted by Crippen LogP contribution is -2.03. The molecule has 3 heterocycles. The number of benzene rings is 5. The number of aromatic nitrogens is 4. The number of thiophene rings is 1. The maximum Gasteiger partial charge on any atom is 0.164 e. The van der Waals surface area contributed by atoms with Gasteiger partial charge >= 0.3 is 0 Å². The van der Waals surface area contributed by atoms with Crippen LogP contribution < -0.4 is 0 Å². The summed E-state index contributed by atoms with van der Waals surface area (Å²) in [6, 6.07) is 40.8. The molecule has 0 saturated carbocycles. The minimum Gasteiger partial charge on any atom is -0.308 e. The Bertz CT molecular complexity index is 2430. The van der Waals surface area contributed by atoms with E-state index in [1.165, 1.54) is 42.0 Å². The van der Waals surface area contributed by atoms with Crippen molar-refractivity contribution in [1.82, 2.24) is 19.5 Å². The Labute approximate surface area is 258 Å². The summed E-state index contributed by atoms with van der Waals surface area (Å²) in [5, 5.41) is 5.14. The van der Waals surface area contributed by atoms with Gasteiger partial charge in [-0.1, -0.05) is 97.1 Å². The van der Waals surface area contributed by atoms with Gasteiger partial charge in [0.1, 0.15) is 0 Å². The standard InChI is InChI=1S/C39H26N4S/c1-3-11-25(12-4-1)37-40-38(26-13-5-2-6-14-26)42-39(41-37)27-19-21-28(22-20-27)43-33-17-9-7-15-29(33)31-23-24-32-30-16-8-10-18-34(30)44-36(32)35(31)43/h1,3-5,7-24H,2,6H2. The number of hydrogen-bond acceptors (Lipinski definition) is 4. The molecule has 0 spiro atoms. The average molecular weight is 583 g/mol. The van der Waals surface area contributed by atoms with Gasteiger partial charge in [0.2, 0.25) is 0 Å². The summed E-state index contributed by atoms with van der Waals surface area (Å²) in [7, 11) is 0. The van der Waals surface area contributed by atoms with Gasteiger partial charge in [0.25, 0.3) is 0 Å². The van der Waals surface area contributed by atoms with Crippen LogP contribution in [0.15, 0.2) is 133 Å². The van der Waals surface area contributed by atoms with Gasteiger partial charge in [-0.2, -0.15) is 0 Å². The average Bonchev–Trinajstić information content (AvgIpc) is 3.65. The molecule has 1 aliphatic carbocycles. The maximum absolute atomic E-state index is 4.96. The summed E-state index contributed by atoms with van der Waals surface area (Å²) < 4.78 is 5.04. The fourth-order valence-electron chi connectivity index (χ4n) is 6.39. The van der Waals surface area contributed by atoms with Gasteiger partial charge in [-0.05, 0) is 49.2 Å². The van der Waals surface area contributed by atoms with Crippen molar-refractivity contribution in [2.24, 2.45) is 0 Å². The van der Waals surface area contributed by atoms with Crippen molar-refractivity contribution in [2.75, 3.05) is 0 Å². The summed E-state index contributed by atoms with van der Waals surface area (Å²) in [4.78, 5) is 14.8. The van der Waals surface area contributed by atoms with Gasteiger partial charge in [-0.15, -0.1) is 11.3 Å². The first-order chi connectivity index (χ1) is 21.8. The third kappa shape index (κ3) is 4.01. The minimum atomic E-state index is 0.675. The molecule has 0 fully saturated rings. The van der Waals surface area contributed by atoms with Gasteiger partial charge in [0.15, 0.2) is 17.5 Å². The smallest absolute Gasteiger partial charge is 0.164 e. The van der Waals surface area contributed by atoms with Crippen LogP contribution in [0.2, 0.25) is 0 Å². The first-order valence-corrected chi connectivity index (χ1v) is 15.8. The van der Waals surface area contributed by atoms with Crippen LogP contribution in [-0.4, -0.2) is 19.5 Å². The molecule has 0 N–H and O–H groups in total. The van der Waals surface area contributed by atoms with Crippen LogP contribution in [0.25, 0.3) is 76.0 Å². The molecule has 0 amide bonds. The number of hydrogen-bond donors (Lipinski definition) is 0. The van der Waals surface area contributed by atoms with E-state index in [1.54, 1.807) is 0 Å². The van der Waals surface area contributed by atoms with Crippen LogP contribution >= 0.6 is 11.3 Å². The lowest BCUT2D eigenvalue weighted by Gasteiger charge is -2.12. The van der Waals surface area contributed by atoms with Gasteiger partial charge in [-0.3, -0.25) is 0 Å². The SMILES string of the molecule is C1=CC(c2nc(-c3ccccc3)nc(-c3ccc(-n4c5ccccc5c5ccc6c7ccccc7sc6c54)cc3)n2)=CCC1. The van der Waals surface area contributed by atoms with E-state index in [0.29, 0.717) is 17.5 Å². The lowest BCUT2D eigenvalue weighted by molar-refractivity contribution is 1.01. The molecule has 1 aliphatic rings. The van der Waals surface area contributed by atoms with E-state index < -0.39 is 0 Å². The molecule has 44 heavy (non-hydrogen) atoms. The van der Waals surface area contributed by atoms with E-state index >= 15 is 0 Å². The molecule has 0 unspecified atom stereocenters. The highest BCUT2D eigenvalue weighted by Gasteiger charge is 2.18. The molecular formula is C39H26N4S. The van der Waals surface area contributed by atoms with Crippen LogP contribution in [0, 0.1) is 0 Å². The highest BCUT2D eigenvalue weighted by molar-refractivity contribution is 7.26. The summed E-state index contributed by atoms with van der Waals surface area (Å²) in [6.07, 6.45) is 8.57.